The maximum absolute atomic E-state index is 12.9. The van der Waals surface area contributed by atoms with Gasteiger partial charge in [0.1, 0.15) is 0 Å². The van der Waals surface area contributed by atoms with Crippen LogP contribution in [0.5, 0.6) is 0 Å². The molecule has 0 aliphatic carbocycles. The summed E-state index contributed by atoms with van der Waals surface area (Å²) in [6.45, 7) is 0. The Labute approximate surface area is 104 Å². The Morgan fingerprint density at radius 1 is 1.18 bits per heavy atom. The minimum atomic E-state index is -1.02. The van der Waals surface area contributed by atoms with Crippen molar-refractivity contribution in [2.75, 3.05) is 5.32 Å². The molecule has 0 atom stereocenters. The summed E-state index contributed by atoms with van der Waals surface area (Å²) in [6, 6.07) is 6.10. The normalized spacial score (nSPS) is 10.3. The zero-order valence-electron chi connectivity index (χ0n) is 8.34. The van der Waals surface area contributed by atoms with Crippen LogP contribution in [0, 0.1) is 11.6 Å². The summed E-state index contributed by atoms with van der Waals surface area (Å²) in [6.07, 6.45) is 0. The number of rotatable bonds is 2. The van der Waals surface area contributed by atoms with Gasteiger partial charge in [-0.05, 0) is 40.2 Å². The van der Waals surface area contributed by atoms with E-state index in [1.54, 1.807) is 6.07 Å². The van der Waals surface area contributed by atoms with E-state index in [1.807, 2.05) is 0 Å². The van der Waals surface area contributed by atoms with Gasteiger partial charge >= 0.3 is 0 Å². The van der Waals surface area contributed by atoms with Gasteiger partial charge in [-0.1, -0.05) is 0 Å². The number of amides is 1. The number of benzene rings is 1. The molecular weight excluding hydrogens is 296 g/mol. The van der Waals surface area contributed by atoms with Gasteiger partial charge in [-0.2, -0.15) is 0 Å². The second kappa shape index (κ2) is 4.67. The van der Waals surface area contributed by atoms with Crippen LogP contribution in [0.2, 0.25) is 0 Å². The lowest BCUT2D eigenvalue weighted by atomic mass is 10.3. The molecule has 0 saturated heterocycles. The number of anilines is 1. The first-order valence-corrected chi connectivity index (χ1v) is 5.37. The summed E-state index contributed by atoms with van der Waals surface area (Å²) >= 11 is 3.05. The molecule has 88 valence electrons. The van der Waals surface area contributed by atoms with Crippen molar-refractivity contribution in [1.29, 1.82) is 0 Å². The number of nitrogens with one attached hydrogen (secondary N) is 1. The van der Waals surface area contributed by atoms with Crippen LogP contribution in [-0.4, -0.2) is 5.91 Å². The van der Waals surface area contributed by atoms with E-state index in [4.69, 9.17) is 4.42 Å². The zero-order valence-corrected chi connectivity index (χ0v) is 9.92. The van der Waals surface area contributed by atoms with Crippen LogP contribution in [0.3, 0.4) is 0 Å². The van der Waals surface area contributed by atoms with Crippen LogP contribution in [0.25, 0.3) is 0 Å². The van der Waals surface area contributed by atoms with E-state index in [1.165, 1.54) is 12.1 Å². The summed E-state index contributed by atoms with van der Waals surface area (Å²) in [5, 5.41) is 2.38. The molecule has 0 spiro atoms. The van der Waals surface area contributed by atoms with Crippen LogP contribution in [0.4, 0.5) is 14.5 Å². The van der Waals surface area contributed by atoms with Gasteiger partial charge in [0.2, 0.25) is 0 Å². The minimum Gasteiger partial charge on any atom is -0.444 e. The molecule has 17 heavy (non-hydrogen) atoms. The third-order valence-electron chi connectivity index (χ3n) is 1.97. The molecule has 1 heterocycles. The summed E-state index contributed by atoms with van der Waals surface area (Å²) in [5.74, 6) is -2.46. The molecule has 0 unspecified atom stereocenters. The fourth-order valence-electron chi connectivity index (χ4n) is 1.20. The van der Waals surface area contributed by atoms with E-state index in [-0.39, 0.29) is 11.4 Å². The van der Waals surface area contributed by atoms with Crippen molar-refractivity contribution in [3.05, 3.63) is 52.4 Å². The van der Waals surface area contributed by atoms with Crippen molar-refractivity contribution in [1.82, 2.24) is 0 Å². The molecular formula is C11H6BrF2NO2. The fourth-order valence-corrected chi connectivity index (χ4v) is 1.51. The second-order valence-corrected chi connectivity index (χ2v) is 3.97. The molecule has 0 aliphatic heterocycles. The zero-order chi connectivity index (χ0) is 12.4. The maximum atomic E-state index is 12.9. The molecule has 2 aromatic rings. The quantitative estimate of drug-likeness (QED) is 0.921. The predicted molar refractivity (Wildman–Crippen MR) is 60.7 cm³/mol. The highest BCUT2D eigenvalue weighted by molar-refractivity contribution is 9.10. The molecule has 1 aromatic carbocycles. The molecule has 0 bridgehead atoms. The Morgan fingerprint density at radius 2 is 1.94 bits per heavy atom. The molecule has 2 rings (SSSR count). The maximum Gasteiger partial charge on any atom is 0.291 e. The number of carbonyl (C=O) groups is 1. The standard InChI is InChI=1S/C11H6BrF2NO2/c12-10-4-3-9(17-10)11(16)15-6-1-2-7(13)8(14)5-6/h1-5H,(H,15,16). The van der Waals surface area contributed by atoms with Crippen molar-refractivity contribution < 1.29 is 18.0 Å². The lowest BCUT2D eigenvalue weighted by Gasteiger charge is -2.03. The Bertz CT molecular complexity index is 568. The summed E-state index contributed by atoms with van der Waals surface area (Å²) in [5.41, 5.74) is 0.154. The van der Waals surface area contributed by atoms with E-state index in [0.29, 0.717) is 4.67 Å². The van der Waals surface area contributed by atoms with Crippen molar-refractivity contribution in [3.8, 4) is 0 Å². The van der Waals surface area contributed by atoms with E-state index < -0.39 is 17.5 Å². The van der Waals surface area contributed by atoms with Crippen molar-refractivity contribution >= 4 is 27.5 Å². The highest BCUT2D eigenvalue weighted by Gasteiger charge is 2.11. The van der Waals surface area contributed by atoms with E-state index in [9.17, 15) is 13.6 Å². The SMILES string of the molecule is O=C(Nc1ccc(F)c(F)c1)c1ccc(Br)o1. The Morgan fingerprint density at radius 3 is 2.53 bits per heavy atom. The molecule has 1 amide bonds. The van der Waals surface area contributed by atoms with Gasteiger partial charge in [-0.15, -0.1) is 0 Å². The van der Waals surface area contributed by atoms with Crippen LogP contribution >= 0.6 is 15.9 Å². The highest BCUT2D eigenvalue weighted by atomic mass is 79.9. The van der Waals surface area contributed by atoms with Crippen molar-refractivity contribution in [3.63, 3.8) is 0 Å². The molecule has 1 aromatic heterocycles. The van der Waals surface area contributed by atoms with Gasteiger partial charge in [0, 0.05) is 11.8 Å². The second-order valence-electron chi connectivity index (χ2n) is 3.19. The highest BCUT2D eigenvalue weighted by Crippen LogP contribution is 2.17. The Hall–Kier alpha value is -1.69. The Balaban J connectivity index is 2.15. The third kappa shape index (κ3) is 2.71. The monoisotopic (exact) mass is 301 g/mol. The topological polar surface area (TPSA) is 42.2 Å². The molecule has 0 radical (unpaired) electrons. The lowest BCUT2D eigenvalue weighted by molar-refractivity contribution is 0.0995. The Kier molecular flexibility index (Phi) is 3.23. The van der Waals surface area contributed by atoms with Crippen LogP contribution < -0.4 is 5.32 Å². The lowest BCUT2D eigenvalue weighted by Crippen LogP contribution is -2.11. The number of furan rings is 1. The van der Waals surface area contributed by atoms with Crippen molar-refractivity contribution in [2.24, 2.45) is 0 Å². The van der Waals surface area contributed by atoms with Gasteiger partial charge in [0.15, 0.2) is 22.1 Å². The first kappa shape index (κ1) is 11.8. The number of hydrogen-bond acceptors (Lipinski definition) is 2. The molecule has 0 aliphatic rings. The largest absolute Gasteiger partial charge is 0.444 e. The average molecular weight is 302 g/mol. The molecule has 0 saturated carbocycles. The van der Waals surface area contributed by atoms with Gasteiger partial charge in [0.25, 0.3) is 5.91 Å². The van der Waals surface area contributed by atoms with E-state index in [2.05, 4.69) is 21.2 Å². The van der Waals surface area contributed by atoms with Gasteiger partial charge < -0.3 is 9.73 Å². The van der Waals surface area contributed by atoms with Crippen LogP contribution in [-0.2, 0) is 0 Å². The number of halogens is 3. The summed E-state index contributed by atoms with van der Waals surface area (Å²) in [7, 11) is 0. The van der Waals surface area contributed by atoms with Crippen LogP contribution in [0.15, 0.2) is 39.4 Å². The number of carbonyl (C=O) groups excluding carboxylic acids is 1. The minimum absolute atomic E-state index is 0.0709. The van der Waals surface area contributed by atoms with Crippen LogP contribution in [0.1, 0.15) is 10.6 Å². The van der Waals surface area contributed by atoms with Gasteiger partial charge in [0.05, 0.1) is 0 Å². The van der Waals surface area contributed by atoms with E-state index >= 15 is 0 Å². The third-order valence-corrected chi connectivity index (χ3v) is 2.40. The molecule has 1 N–H and O–H groups in total. The van der Waals surface area contributed by atoms with E-state index in [0.717, 1.165) is 12.1 Å². The smallest absolute Gasteiger partial charge is 0.291 e. The fraction of sp³-hybridized carbons (Fsp3) is 0. The van der Waals surface area contributed by atoms with Gasteiger partial charge in [-0.25, -0.2) is 8.78 Å². The number of hydrogen-bond donors (Lipinski definition) is 1. The first-order valence-electron chi connectivity index (χ1n) is 4.58. The van der Waals surface area contributed by atoms with Gasteiger partial charge in [-0.3, -0.25) is 4.79 Å². The first-order chi connectivity index (χ1) is 8.06. The van der Waals surface area contributed by atoms with Crippen molar-refractivity contribution in [2.45, 2.75) is 0 Å². The average Bonchev–Trinajstić information content (AvgIpc) is 2.70. The molecule has 6 heteroatoms. The predicted octanol–water partition coefficient (Wildman–Crippen LogP) is 3.57. The summed E-state index contributed by atoms with van der Waals surface area (Å²) < 4.78 is 30.9. The summed E-state index contributed by atoms with van der Waals surface area (Å²) in [4.78, 5) is 11.6. The molecule has 0 fully saturated rings. The molecule has 3 nitrogen and oxygen atoms in total.